The van der Waals surface area contributed by atoms with Crippen LogP contribution in [0.4, 0.5) is 4.39 Å². The minimum Gasteiger partial charge on any atom is -0.324 e. The van der Waals surface area contributed by atoms with Gasteiger partial charge in [-0.1, -0.05) is 33.6 Å². The lowest BCUT2D eigenvalue weighted by Crippen LogP contribution is -2.14. The van der Waals surface area contributed by atoms with Crippen LogP contribution in [0.25, 0.3) is 0 Å². The Hall–Kier alpha value is -0.170. The van der Waals surface area contributed by atoms with Crippen molar-refractivity contribution in [1.82, 2.24) is 0 Å². The Morgan fingerprint density at radius 3 is 2.68 bits per heavy atom. The molecule has 0 amide bonds. The highest BCUT2D eigenvalue weighted by Gasteiger charge is 2.12. The molecule has 0 saturated heterocycles. The van der Waals surface area contributed by atoms with Crippen molar-refractivity contribution in [1.29, 1.82) is 0 Å². The third-order valence-corrected chi connectivity index (χ3v) is 4.50. The van der Waals surface area contributed by atoms with Gasteiger partial charge in [0.15, 0.2) is 0 Å². The standard InChI is InChI=1S/C14H11BrClFIN/c15-11-3-2-9(18)7-10(11)14(19)6-8-1-4-12(16)13(17)5-8/h1-5,7,14H,6,19H2. The van der Waals surface area contributed by atoms with E-state index in [4.69, 9.17) is 17.3 Å². The van der Waals surface area contributed by atoms with E-state index in [0.29, 0.717) is 6.42 Å². The zero-order valence-corrected chi connectivity index (χ0v) is 14.3. The zero-order valence-electron chi connectivity index (χ0n) is 9.84. The number of hydrogen-bond acceptors (Lipinski definition) is 1. The van der Waals surface area contributed by atoms with Crippen LogP contribution in [-0.4, -0.2) is 0 Å². The third-order valence-electron chi connectivity index (χ3n) is 2.80. The summed E-state index contributed by atoms with van der Waals surface area (Å²) in [5, 5.41) is 0.132. The van der Waals surface area contributed by atoms with Crippen LogP contribution in [0.1, 0.15) is 17.2 Å². The van der Waals surface area contributed by atoms with Crippen molar-refractivity contribution >= 4 is 50.1 Å². The average Bonchev–Trinajstić information content (AvgIpc) is 2.36. The second-order valence-electron chi connectivity index (χ2n) is 4.22. The normalized spacial score (nSPS) is 12.5. The van der Waals surface area contributed by atoms with Crippen molar-refractivity contribution in [3.63, 3.8) is 0 Å². The Labute approximate surface area is 138 Å². The molecular weight excluding hydrogens is 443 g/mol. The SMILES string of the molecule is NC(Cc1ccc(Cl)c(F)c1)c1cc(I)ccc1Br. The molecule has 1 atom stereocenters. The lowest BCUT2D eigenvalue weighted by molar-refractivity contribution is 0.622. The van der Waals surface area contributed by atoms with Crippen LogP contribution in [-0.2, 0) is 6.42 Å². The lowest BCUT2D eigenvalue weighted by Gasteiger charge is -2.15. The van der Waals surface area contributed by atoms with Gasteiger partial charge in [-0.05, 0) is 70.5 Å². The molecule has 5 heteroatoms. The molecule has 0 saturated carbocycles. The lowest BCUT2D eigenvalue weighted by atomic mass is 10.00. The molecule has 1 unspecified atom stereocenters. The summed E-state index contributed by atoms with van der Waals surface area (Å²) in [6.07, 6.45) is 0.562. The van der Waals surface area contributed by atoms with Gasteiger partial charge in [0.2, 0.25) is 0 Å². The summed E-state index contributed by atoms with van der Waals surface area (Å²) in [5.41, 5.74) is 8.05. The topological polar surface area (TPSA) is 26.0 Å². The van der Waals surface area contributed by atoms with Gasteiger partial charge in [0.1, 0.15) is 5.82 Å². The number of hydrogen-bond donors (Lipinski definition) is 1. The molecule has 2 aromatic rings. The molecule has 0 fully saturated rings. The molecule has 2 N–H and O–H groups in total. The van der Waals surface area contributed by atoms with Gasteiger partial charge in [-0.25, -0.2) is 4.39 Å². The van der Waals surface area contributed by atoms with Gasteiger partial charge in [0.25, 0.3) is 0 Å². The fourth-order valence-corrected chi connectivity index (χ4v) is 3.00. The molecule has 0 aliphatic carbocycles. The third kappa shape index (κ3) is 3.90. The van der Waals surface area contributed by atoms with Gasteiger partial charge in [-0.2, -0.15) is 0 Å². The van der Waals surface area contributed by atoms with Crippen LogP contribution in [0.5, 0.6) is 0 Å². The molecule has 0 aliphatic rings. The predicted molar refractivity (Wildman–Crippen MR) is 88.9 cm³/mol. The van der Waals surface area contributed by atoms with E-state index < -0.39 is 5.82 Å². The van der Waals surface area contributed by atoms with Gasteiger partial charge in [0, 0.05) is 14.1 Å². The minimum absolute atomic E-state index is 0.132. The first-order valence-corrected chi connectivity index (χ1v) is 7.87. The van der Waals surface area contributed by atoms with Crippen LogP contribution in [0.15, 0.2) is 40.9 Å². The van der Waals surface area contributed by atoms with Crippen molar-refractivity contribution in [2.24, 2.45) is 5.73 Å². The average molecular weight is 455 g/mol. The second-order valence-corrected chi connectivity index (χ2v) is 6.73. The Morgan fingerprint density at radius 1 is 1.26 bits per heavy atom. The molecule has 100 valence electrons. The van der Waals surface area contributed by atoms with E-state index >= 15 is 0 Å². The molecule has 0 spiro atoms. The summed E-state index contributed by atoms with van der Waals surface area (Å²) in [6.45, 7) is 0. The molecule has 0 radical (unpaired) electrons. The van der Waals surface area contributed by atoms with E-state index in [1.807, 2.05) is 18.2 Å². The Kier molecular flexibility index (Phi) is 5.22. The van der Waals surface area contributed by atoms with Crippen LogP contribution in [0.2, 0.25) is 5.02 Å². The molecule has 0 heterocycles. The van der Waals surface area contributed by atoms with Crippen LogP contribution in [0, 0.1) is 9.39 Å². The highest BCUT2D eigenvalue weighted by molar-refractivity contribution is 14.1. The smallest absolute Gasteiger partial charge is 0.142 e. The first-order valence-electron chi connectivity index (χ1n) is 5.62. The van der Waals surface area contributed by atoms with Gasteiger partial charge in [-0.3, -0.25) is 0 Å². The van der Waals surface area contributed by atoms with Gasteiger partial charge < -0.3 is 5.73 Å². The van der Waals surface area contributed by atoms with Crippen LogP contribution < -0.4 is 5.73 Å². The van der Waals surface area contributed by atoms with Gasteiger partial charge >= 0.3 is 0 Å². The second kappa shape index (κ2) is 6.52. The van der Waals surface area contributed by atoms with E-state index in [1.165, 1.54) is 6.07 Å². The molecule has 0 aliphatic heterocycles. The molecule has 0 aromatic heterocycles. The first kappa shape index (κ1) is 15.2. The zero-order chi connectivity index (χ0) is 14.0. The van der Waals surface area contributed by atoms with E-state index in [0.717, 1.165) is 19.2 Å². The highest BCUT2D eigenvalue weighted by Crippen LogP contribution is 2.27. The maximum Gasteiger partial charge on any atom is 0.142 e. The van der Waals surface area contributed by atoms with Crippen molar-refractivity contribution in [3.8, 4) is 0 Å². The maximum atomic E-state index is 13.4. The van der Waals surface area contributed by atoms with Crippen LogP contribution >= 0.6 is 50.1 Å². The molecule has 2 aromatic carbocycles. The predicted octanol–water partition coefficient (Wildman–Crippen LogP) is 5.09. The van der Waals surface area contributed by atoms with Crippen molar-refractivity contribution in [2.45, 2.75) is 12.5 Å². The number of halogens is 4. The van der Waals surface area contributed by atoms with E-state index in [1.54, 1.807) is 12.1 Å². The van der Waals surface area contributed by atoms with Crippen LogP contribution in [0.3, 0.4) is 0 Å². The molecule has 0 bridgehead atoms. The Morgan fingerprint density at radius 2 is 2.00 bits per heavy atom. The van der Waals surface area contributed by atoms with Gasteiger partial charge in [-0.15, -0.1) is 0 Å². The minimum atomic E-state index is -0.409. The summed E-state index contributed by atoms with van der Waals surface area (Å²) in [4.78, 5) is 0. The van der Waals surface area contributed by atoms with E-state index in [2.05, 4.69) is 38.5 Å². The number of rotatable bonds is 3. The number of nitrogens with two attached hydrogens (primary N) is 1. The molecular formula is C14H11BrClFIN. The summed E-state index contributed by atoms with van der Waals surface area (Å²) < 4.78 is 15.5. The monoisotopic (exact) mass is 453 g/mol. The quantitative estimate of drug-likeness (QED) is 0.643. The summed E-state index contributed by atoms with van der Waals surface area (Å²) in [6, 6.07) is 10.6. The summed E-state index contributed by atoms with van der Waals surface area (Å²) in [5.74, 6) is -0.409. The fourth-order valence-electron chi connectivity index (χ4n) is 1.83. The fraction of sp³-hybridized carbons (Fsp3) is 0.143. The summed E-state index contributed by atoms with van der Waals surface area (Å²) in [7, 11) is 0. The molecule has 1 nitrogen and oxygen atoms in total. The Balaban J connectivity index is 2.22. The first-order chi connectivity index (χ1) is 8.97. The van der Waals surface area contributed by atoms with Crippen molar-refractivity contribution < 1.29 is 4.39 Å². The largest absolute Gasteiger partial charge is 0.324 e. The van der Waals surface area contributed by atoms with E-state index in [9.17, 15) is 4.39 Å². The van der Waals surface area contributed by atoms with Crippen molar-refractivity contribution in [3.05, 3.63) is 66.4 Å². The van der Waals surface area contributed by atoms with Crippen molar-refractivity contribution in [2.75, 3.05) is 0 Å². The highest BCUT2D eigenvalue weighted by atomic mass is 127. The van der Waals surface area contributed by atoms with E-state index in [-0.39, 0.29) is 11.1 Å². The Bertz CT molecular complexity index is 606. The number of benzene rings is 2. The maximum absolute atomic E-state index is 13.4. The summed E-state index contributed by atoms with van der Waals surface area (Å²) >= 11 is 11.4. The van der Waals surface area contributed by atoms with Gasteiger partial charge in [0.05, 0.1) is 5.02 Å². The molecule has 2 rings (SSSR count). The molecule has 19 heavy (non-hydrogen) atoms.